The maximum atomic E-state index is 11.9. The lowest BCUT2D eigenvalue weighted by Crippen LogP contribution is -2.36. The molecule has 0 saturated carbocycles. The highest BCUT2D eigenvalue weighted by molar-refractivity contribution is 5.79. The van der Waals surface area contributed by atoms with Crippen LogP contribution >= 0.6 is 0 Å². The number of pyridine rings is 1. The van der Waals surface area contributed by atoms with E-state index in [4.69, 9.17) is 5.73 Å². The van der Waals surface area contributed by atoms with Crippen LogP contribution in [0.2, 0.25) is 0 Å². The highest BCUT2D eigenvalue weighted by Crippen LogP contribution is 2.11. The average Bonchev–Trinajstić information content (AvgIpc) is 2.36. The van der Waals surface area contributed by atoms with Gasteiger partial charge in [0.05, 0.1) is 17.7 Å². The van der Waals surface area contributed by atoms with Gasteiger partial charge in [0.25, 0.3) is 0 Å². The monoisotopic (exact) mass is 235 g/mol. The first-order valence-corrected chi connectivity index (χ1v) is 6.10. The number of nitrogens with zero attached hydrogens (tertiary/aromatic N) is 1. The zero-order valence-electron chi connectivity index (χ0n) is 10.5. The van der Waals surface area contributed by atoms with E-state index >= 15 is 0 Å². The molecule has 0 spiro atoms. The zero-order chi connectivity index (χ0) is 12.7. The van der Waals surface area contributed by atoms with Gasteiger partial charge in [-0.2, -0.15) is 0 Å². The molecule has 0 bridgehead atoms. The predicted molar refractivity (Wildman–Crippen MR) is 68.2 cm³/mol. The molecule has 0 aliphatic heterocycles. The van der Waals surface area contributed by atoms with Gasteiger partial charge in [-0.25, -0.2) is 0 Å². The fourth-order valence-electron chi connectivity index (χ4n) is 1.74. The molecule has 17 heavy (non-hydrogen) atoms. The van der Waals surface area contributed by atoms with Crippen molar-refractivity contribution in [2.45, 2.75) is 32.7 Å². The average molecular weight is 235 g/mol. The first-order chi connectivity index (χ1) is 8.19. The summed E-state index contributed by atoms with van der Waals surface area (Å²) < 4.78 is 0. The van der Waals surface area contributed by atoms with E-state index in [0.717, 1.165) is 18.5 Å². The van der Waals surface area contributed by atoms with E-state index in [2.05, 4.69) is 17.2 Å². The maximum absolute atomic E-state index is 11.9. The summed E-state index contributed by atoms with van der Waals surface area (Å²) in [6.45, 7) is 4.38. The summed E-state index contributed by atoms with van der Waals surface area (Å²) in [4.78, 5) is 16.1. The third-order valence-electron chi connectivity index (χ3n) is 2.78. The van der Waals surface area contributed by atoms with Crippen LogP contribution in [0.1, 0.15) is 38.4 Å². The minimum Gasteiger partial charge on any atom is -0.348 e. The molecule has 1 rings (SSSR count). The van der Waals surface area contributed by atoms with Crippen molar-refractivity contribution < 1.29 is 4.79 Å². The van der Waals surface area contributed by atoms with Crippen molar-refractivity contribution in [2.24, 2.45) is 11.7 Å². The van der Waals surface area contributed by atoms with Crippen molar-refractivity contribution >= 4 is 5.91 Å². The van der Waals surface area contributed by atoms with E-state index < -0.39 is 0 Å². The molecule has 1 aromatic rings. The number of aromatic nitrogens is 1. The highest BCUT2D eigenvalue weighted by atomic mass is 16.1. The van der Waals surface area contributed by atoms with Crippen LogP contribution in [-0.4, -0.2) is 17.4 Å². The molecular weight excluding hydrogens is 214 g/mol. The first-order valence-electron chi connectivity index (χ1n) is 6.10. The Morgan fingerprint density at radius 2 is 2.29 bits per heavy atom. The maximum Gasteiger partial charge on any atom is 0.224 e. The Morgan fingerprint density at radius 3 is 2.82 bits per heavy atom. The number of hydrogen-bond donors (Lipinski definition) is 2. The molecule has 4 nitrogen and oxygen atoms in total. The smallest absolute Gasteiger partial charge is 0.224 e. The van der Waals surface area contributed by atoms with Crippen LogP contribution in [0.5, 0.6) is 0 Å². The Kier molecular flexibility index (Phi) is 5.63. The lowest BCUT2D eigenvalue weighted by Gasteiger charge is -2.18. The molecule has 1 amide bonds. The lowest BCUT2D eigenvalue weighted by atomic mass is 10.0. The zero-order valence-corrected chi connectivity index (χ0v) is 10.5. The summed E-state index contributed by atoms with van der Waals surface area (Å²) in [5.41, 5.74) is 6.47. The largest absolute Gasteiger partial charge is 0.348 e. The number of amides is 1. The number of nitrogens with two attached hydrogens (primary N) is 1. The van der Waals surface area contributed by atoms with Crippen LogP contribution in [0, 0.1) is 5.92 Å². The molecule has 94 valence electrons. The third-order valence-corrected chi connectivity index (χ3v) is 2.78. The van der Waals surface area contributed by atoms with Gasteiger partial charge >= 0.3 is 0 Å². The summed E-state index contributed by atoms with van der Waals surface area (Å²) >= 11 is 0. The third kappa shape index (κ3) is 4.15. The van der Waals surface area contributed by atoms with Gasteiger partial charge in [-0.1, -0.05) is 19.4 Å². The van der Waals surface area contributed by atoms with Crippen LogP contribution in [-0.2, 0) is 4.79 Å². The van der Waals surface area contributed by atoms with Crippen LogP contribution in [0.4, 0.5) is 0 Å². The van der Waals surface area contributed by atoms with Crippen LogP contribution < -0.4 is 11.1 Å². The SMILES string of the molecule is CCCC(CN)C(=O)NC(C)c1ccccn1. The summed E-state index contributed by atoms with van der Waals surface area (Å²) in [6.07, 6.45) is 3.52. The van der Waals surface area contributed by atoms with Gasteiger partial charge < -0.3 is 11.1 Å². The van der Waals surface area contributed by atoms with Crippen LogP contribution in [0.15, 0.2) is 24.4 Å². The van der Waals surface area contributed by atoms with Crippen molar-refractivity contribution in [3.8, 4) is 0 Å². The Bertz CT molecular complexity index is 340. The highest BCUT2D eigenvalue weighted by Gasteiger charge is 2.18. The Hall–Kier alpha value is -1.42. The Labute approximate surface area is 103 Å². The molecule has 1 aromatic heterocycles. The van der Waals surface area contributed by atoms with E-state index in [1.807, 2.05) is 25.1 Å². The number of hydrogen-bond acceptors (Lipinski definition) is 3. The van der Waals surface area contributed by atoms with E-state index in [1.54, 1.807) is 6.20 Å². The minimum absolute atomic E-state index is 0.0208. The molecule has 1 heterocycles. The molecule has 0 saturated heterocycles. The molecule has 0 aromatic carbocycles. The fraction of sp³-hybridized carbons (Fsp3) is 0.538. The molecule has 0 fully saturated rings. The minimum atomic E-state index is -0.0915. The number of carbonyl (C=O) groups excluding carboxylic acids is 1. The second-order valence-electron chi connectivity index (χ2n) is 4.21. The molecule has 4 heteroatoms. The Morgan fingerprint density at radius 1 is 1.53 bits per heavy atom. The summed E-state index contributed by atoms with van der Waals surface area (Å²) in [6, 6.07) is 5.60. The molecule has 2 atom stereocenters. The van der Waals surface area contributed by atoms with Gasteiger partial charge in [-0.15, -0.1) is 0 Å². The van der Waals surface area contributed by atoms with Crippen molar-refractivity contribution in [3.63, 3.8) is 0 Å². The number of rotatable bonds is 6. The van der Waals surface area contributed by atoms with E-state index in [-0.39, 0.29) is 17.9 Å². The standard InChI is InChI=1S/C13H21N3O/c1-3-6-11(9-14)13(17)16-10(2)12-7-4-5-8-15-12/h4-5,7-8,10-11H,3,6,9,14H2,1-2H3,(H,16,17). The van der Waals surface area contributed by atoms with Crippen LogP contribution in [0.3, 0.4) is 0 Å². The summed E-state index contributed by atoms with van der Waals surface area (Å²) in [7, 11) is 0. The molecule has 2 unspecified atom stereocenters. The van der Waals surface area contributed by atoms with E-state index in [1.165, 1.54) is 0 Å². The van der Waals surface area contributed by atoms with Crippen molar-refractivity contribution in [1.29, 1.82) is 0 Å². The normalized spacial score (nSPS) is 14.1. The number of nitrogens with one attached hydrogen (secondary N) is 1. The summed E-state index contributed by atoms with van der Waals surface area (Å²) in [5.74, 6) is -0.0707. The molecular formula is C13H21N3O. The van der Waals surface area contributed by atoms with E-state index in [9.17, 15) is 4.79 Å². The Balaban J connectivity index is 2.56. The molecule has 3 N–H and O–H groups in total. The van der Waals surface area contributed by atoms with Crippen LogP contribution in [0.25, 0.3) is 0 Å². The van der Waals surface area contributed by atoms with Crippen molar-refractivity contribution in [1.82, 2.24) is 10.3 Å². The van der Waals surface area contributed by atoms with Gasteiger partial charge in [0.15, 0.2) is 0 Å². The fourth-order valence-corrected chi connectivity index (χ4v) is 1.74. The first kappa shape index (κ1) is 13.6. The molecule has 0 aliphatic rings. The quantitative estimate of drug-likeness (QED) is 0.787. The summed E-state index contributed by atoms with van der Waals surface area (Å²) in [5, 5.41) is 2.95. The van der Waals surface area contributed by atoms with E-state index in [0.29, 0.717) is 6.54 Å². The van der Waals surface area contributed by atoms with Gasteiger partial charge in [0.2, 0.25) is 5.91 Å². The van der Waals surface area contributed by atoms with Gasteiger partial charge in [-0.05, 0) is 25.5 Å². The molecule has 0 aliphatic carbocycles. The topological polar surface area (TPSA) is 68.0 Å². The molecule has 0 radical (unpaired) electrons. The van der Waals surface area contributed by atoms with Crippen molar-refractivity contribution in [3.05, 3.63) is 30.1 Å². The lowest BCUT2D eigenvalue weighted by molar-refractivity contribution is -0.125. The second-order valence-corrected chi connectivity index (χ2v) is 4.21. The second kappa shape index (κ2) is 7.01. The predicted octanol–water partition coefficient (Wildman–Crippen LogP) is 1.63. The van der Waals surface area contributed by atoms with Gasteiger partial charge in [0.1, 0.15) is 0 Å². The van der Waals surface area contributed by atoms with Gasteiger partial charge in [-0.3, -0.25) is 9.78 Å². The number of carbonyl (C=O) groups is 1. The van der Waals surface area contributed by atoms with Gasteiger partial charge in [0, 0.05) is 12.7 Å². The van der Waals surface area contributed by atoms with Crippen molar-refractivity contribution in [2.75, 3.05) is 6.54 Å².